The van der Waals surface area contributed by atoms with Crippen LogP contribution in [0.3, 0.4) is 0 Å². The van der Waals surface area contributed by atoms with Crippen LogP contribution in [0.2, 0.25) is 0 Å². The highest BCUT2D eigenvalue weighted by molar-refractivity contribution is 7.17. The largest absolute Gasteiger partial charge is 0.297 e. The molecule has 5 aromatic heterocycles. The fourth-order valence-corrected chi connectivity index (χ4v) is 5.02. The SMILES string of the molecule is O=C(Nc1nc(-c2ccccn2)cs1)c1ccc(C(=O)Nc2nc(-c3ccccn3)cs2)s1. The van der Waals surface area contributed by atoms with E-state index in [0.29, 0.717) is 31.4 Å². The molecule has 162 valence electrons. The molecule has 0 aliphatic heterocycles. The molecule has 0 aromatic carbocycles. The van der Waals surface area contributed by atoms with Crippen molar-refractivity contribution in [1.29, 1.82) is 0 Å². The second kappa shape index (κ2) is 9.36. The van der Waals surface area contributed by atoms with Gasteiger partial charge in [-0.15, -0.1) is 34.0 Å². The first kappa shape index (κ1) is 21.1. The molecule has 5 heterocycles. The summed E-state index contributed by atoms with van der Waals surface area (Å²) in [6.07, 6.45) is 3.38. The van der Waals surface area contributed by atoms with E-state index >= 15 is 0 Å². The molecule has 5 rings (SSSR count). The van der Waals surface area contributed by atoms with E-state index in [-0.39, 0.29) is 11.8 Å². The summed E-state index contributed by atoms with van der Waals surface area (Å²) in [5.41, 5.74) is 2.85. The molecule has 0 saturated carbocycles. The lowest BCUT2D eigenvalue weighted by molar-refractivity contribution is 0.102. The third-order valence-electron chi connectivity index (χ3n) is 4.36. The molecular formula is C22H14N6O2S3. The summed E-state index contributed by atoms with van der Waals surface area (Å²) in [7, 11) is 0. The molecule has 0 atom stereocenters. The molecule has 0 unspecified atom stereocenters. The fourth-order valence-electron chi connectivity index (χ4n) is 2.83. The number of thiazole rings is 2. The van der Waals surface area contributed by atoms with Gasteiger partial charge in [-0.05, 0) is 36.4 Å². The number of carbonyl (C=O) groups excluding carboxylic acids is 2. The summed E-state index contributed by atoms with van der Waals surface area (Å²) >= 11 is 3.72. The van der Waals surface area contributed by atoms with Gasteiger partial charge in [-0.2, -0.15) is 0 Å². The highest BCUT2D eigenvalue weighted by atomic mass is 32.1. The van der Waals surface area contributed by atoms with E-state index in [1.54, 1.807) is 24.5 Å². The van der Waals surface area contributed by atoms with Crippen LogP contribution in [-0.4, -0.2) is 31.8 Å². The molecule has 2 amide bonds. The average molecular weight is 491 g/mol. The first-order chi connectivity index (χ1) is 16.2. The smallest absolute Gasteiger partial charge is 0.267 e. The van der Waals surface area contributed by atoms with E-state index in [2.05, 4.69) is 30.6 Å². The molecule has 0 bridgehead atoms. The zero-order valence-electron chi connectivity index (χ0n) is 16.8. The number of aromatic nitrogens is 4. The maximum absolute atomic E-state index is 12.6. The average Bonchev–Trinajstić information content (AvgIpc) is 3.61. The van der Waals surface area contributed by atoms with Gasteiger partial charge in [-0.3, -0.25) is 30.2 Å². The molecule has 0 spiro atoms. The Morgan fingerprint density at radius 1 is 0.636 bits per heavy atom. The second-order valence-electron chi connectivity index (χ2n) is 6.58. The highest BCUT2D eigenvalue weighted by Gasteiger charge is 2.17. The van der Waals surface area contributed by atoms with E-state index in [1.807, 2.05) is 47.2 Å². The van der Waals surface area contributed by atoms with Crippen molar-refractivity contribution in [2.45, 2.75) is 0 Å². The predicted molar refractivity (Wildman–Crippen MR) is 131 cm³/mol. The van der Waals surface area contributed by atoms with Crippen LogP contribution in [-0.2, 0) is 0 Å². The Hall–Kier alpha value is -3.80. The van der Waals surface area contributed by atoms with Gasteiger partial charge in [0.2, 0.25) is 0 Å². The third kappa shape index (κ3) is 4.85. The minimum atomic E-state index is -0.326. The standard InChI is InChI=1S/C22H14N6O2S3/c29-19(27-21-25-15(11-31-21)13-5-1-3-9-23-13)17-7-8-18(33-17)20(30)28-22-26-16(12-32-22)14-6-2-4-10-24-14/h1-12H,(H,25,27,29)(H,26,28,30). The second-order valence-corrected chi connectivity index (χ2v) is 9.38. The summed E-state index contributed by atoms with van der Waals surface area (Å²) in [4.78, 5) is 43.4. The molecule has 2 N–H and O–H groups in total. The predicted octanol–water partition coefficient (Wildman–Crippen LogP) is 5.29. The van der Waals surface area contributed by atoms with Gasteiger partial charge in [0, 0.05) is 23.2 Å². The molecular weight excluding hydrogens is 476 g/mol. The van der Waals surface area contributed by atoms with Gasteiger partial charge >= 0.3 is 0 Å². The van der Waals surface area contributed by atoms with Crippen molar-refractivity contribution in [3.63, 3.8) is 0 Å². The van der Waals surface area contributed by atoms with Crippen LogP contribution in [0.25, 0.3) is 22.8 Å². The van der Waals surface area contributed by atoms with Gasteiger partial charge in [0.1, 0.15) is 11.4 Å². The normalized spacial score (nSPS) is 10.7. The van der Waals surface area contributed by atoms with Gasteiger partial charge in [0.25, 0.3) is 11.8 Å². The number of rotatable bonds is 6. The maximum atomic E-state index is 12.6. The molecule has 0 fully saturated rings. The number of nitrogens with zero attached hydrogens (tertiary/aromatic N) is 4. The molecule has 5 aromatic rings. The summed E-state index contributed by atoms with van der Waals surface area (Å²) < 4.78 is 0. The summed E-state index contributed by atoms with van der Waals surface area (Å²) in [5, 5.41) is 10.1. The molecule has 8 nitrogen and oxygen atoms in total. The lowest BCUT2D eigenvalue weighted by Crippen LogP contribution is -2.11. The van der Waals surface area contributed by atoms with Crippen LogP contribution in [0.15, 0.2) is 71.7 Å². The van der Waals surface area contributed by atoms with E-state index in [1.165, 1.54) is 22.7 Å². The molecule has 0 saturated heterocycles. The highest BCUT2D eigenvalue weighted by Crippen LogP contribution is 2.26. The van der Waals surface area contributed by atoms with Gasteiger partial charge in [-0.25, -0.2) is 9.97 Å². The van der Waals surface area contributed by atoms with Gasteiger partial charge in [-0.1, -0.05) is 12.1 Å². The Morgan fingerprint density at radius 3 is 1.55 bits per heavy atom. The third-order valence-corrected chi connectivity index (χ3v) is 6.96. The molecule has 0 radical (unpaired) electrons. The maximum Gasteiger partial charge on any atom is 0.267 e. The van der Waals surface area contributed by atoms with Crippen molar-refractivity contribution in [3.8, 4) is 22.8 Å². The topological polar surface area (TPSA) is 110 Å². The summed E-state index contributed by atoms with van der Waals surface area (Å²) in [5.74, 6) is -0.652. The van der Waals surface area contributed by atoms with Gasteiger partial charge in [0.15, 0.2) is 10.3 Å². The molecule has 33 heavy (non-hydrogen) atoms. The number of carbonyl (C=O) groups is 2. The minimum absolute atomic E-state index is 0.326. The Labute approximate surface area is 200 Å². The lowest BCUT2D eigenvalue weighted by Gasteiger charge is -1.99. The van der Waals surface area contributed by atoms with E-state index in [4.69, 9.17) is 0 Å². The van der Waals surface area contributed by atoms with Crippen molar-refractivity contribution in [3.05, 3.63) is 81.4 Å². The number of hydrogen-bond acceptors (Lipinski definition) is 9. The molecule has 0 aliphatic rings. The van der Waals surface area contributed by atoms with Crippen LogP contribution in [0.4, 0.5) is 10.3 Å². The number of nitrogens with one attached hydrogen (secondary N) is 2. The van der Waals surface area contributed by atoms with Crippen LogP contribution in [0, 0.1) is 0 Å². The lowest BCUT2D eigenvalue weighted by atomic mass is 10.3. The summed E-state index contributed by atoms with van der Waals surface area (Å²) in [6, 6.07) is 14.4. The van der Waals surface area contributed by atoms with Gasteiger partial charge < -0.3 is 0 Å². The minimum Gasteiger partial charge on any atom is -0.297 e. The Balaban J connectivity index is 1.23. The van der Waals surface area contributed by atoms with Crippen molar-refractivity contribution < 1.29 is 9.59 Å². The number of pyridine rings is 2. The Kier molecular flexibility index (Phi) is 5.98. The zero-order chi connectivity index (χ0) is 22.6. The van der Waals surface area contributed by atoms with Crippen molar-refractivity contribution in [2.24, 2.45) is 0 Å². The molecule has 11 heteroatoms. The van der Waals surface area contributed by atoms with Crippen LogP contribution < -0.4 is 10.6 Å². The fraction of sp³-hybridized carbons (Fsp3) is 0. The number of amides is 2. The first-order valence-corrected chi connectivity index (χ1v) is 12.2. The van der Waals surface area contributed by atoms with E-state index in [0.717, 1.165) is 22.7 Å². The first-order valence-electron chi connectivity index (χ1n) is 9.62. The number of thiophene rings is 1. The van der Waals surface area contributed by atoms with Crippen molar-refractivity contribution in [2.75, 3.05) is 10.6 Å². The van der Waals surface area contributed by atoms with Crippen LogP contribution >= 0.6 is 34.0 Å². The van der Waals surface area contributed by atoms with Crippen molar-refractivity contribution in [1.82, 2.24) is 19.9 Å². The molecule has 0 aliphatic carbocycles. The number of hydrogen-bond donors (Lipinski definition) is 2. The van der Waals surface area contributed by atoms with Crippen molar-refractivity contribution >= 4 is 56.1 Å². The summed E-state index contributed by atoms with van der Waals surface area (Å²) in [6.45, 7) is 0. The quantitative estimate of drug-likeness (QED) is 0.335. The van der Waals surface area contributed by atoms with Crippen LogP contribution in [0.5, 0.6) is 0 Å². The zero-order valence-corrected chi connectivity index (χ0v) is 19.2. The van der Waals surface area contributed by atoms with Crippen LogP contribution in [0.1, 0.15) is 19.3 Å². The Morgan fingerprint density at radius 2 is 1.12 bits per heavy atom. The Bertz CT molecular complexity index is 1310. The van der Waals surface area contributed by atoms with E-state index < -0.39 is 0 Å². The monoisotopic (exact) mass is 490 g/mol. The van der Waals surface area contributed by atoms with E-state index in [9.17, 15) is 9.59 Å². The number of anilines is 2. The van der Waals surface area contributed by atoms with Gasteiger partial charge in [0.05, 0.1) is 21.1 Å².